The highest BCUT2D eigenvalue weighted by atomic mass is 28.4. The van der Waals surface area contributed by atoms with Gasteiger partial charge in [0.1, 0.15) is 42.1 Å². The number of hydrogen-bond acceptors (Lipinski definition) is 17. The van der Waals surface area contributed by atoms with Crippen molar-refractivity contribution >= 4 is 53.5 Å². The highest BCUT2D eigenvalue weighted by molar-refractivity contribution is 6.69. The molecule has 2 aliphatic heterocycles. The average molecular weight is 1080 g/mol. The summed E-state index contributed by atoms with van der Waals surface area (Å²) in [7, 11) is -3.96. The monoisotopic (exact) mass is 1080 g/mol. The molecule has 0 amide bonds. The summed E-state index contributed by atoms with van der Waals surface area (Å²) >= 11 is 0. The molecule has 0 bridgehead atoms. The van der Waals surface area contributed by atoms with Crippen LogP contribution in [0, 0.1) is 11.3 Å². The number of carbonyl (C=O) groups excluding carboxylic acids is 3. The maximum atomic E-state index is 12.0. The van der Waals surface area contributed by atoms with E-state index < -0.39 is 109 Å². The SMILES string of the molecule is CC(=O)Cc1ccn([C@@H]2O[C@H](CO)[C@@H](O)C2(O)C#N)c(=O)n1.CC(=O)Cc1ccn([C@@H]2O[C@H](CO)[C@@H](O)C2=O)c(=O)n1.CC(C)[SiH](O[SiH](C(C)C)C(C)C)C(C)C.CC(C)[SiH](O[SiH](C(C)C)C(C)C)C(C)C. The fourth-order valence-corrected chi connectivity index (χ4v) is 28.1. The number of ketones is 3. The van der Waals surface area contributed by atoms with E-state index in [9.17, 15) is 39.3 Å². The van der Waals surface area contributed by atoms with Crippen LogP contribution < -0.4 is 11.4 Å². The van der Waals surface area contributed by atoms with Gasteiger partial charge in [-0.1, -0.05) is 111 Å². The van der Waals surface area contributed by atoms with Crippen molar-refractivity contribution in [2.75, 3.05) is 13.2 Å². The molecule has 4 heterocycles. The Morgan fingerprint density at radius 2 is 0.972 bits per heavy atom. The van der Waals surface area contributed by atoms with Gasteiger partial charge in [0.05, 0.1) is 24.6 Å². The first-order chi connectivity index (χ1) is 33.3. The van der Waals surface area contributed by atoms with Crippen LogP contribution in [0.4, 0.5) is 0 Å². The number of ether oxygens (including phenoxy) is 2. The number of aliphatic hydroxyl groups excluding tert-OH is 4. The number of rotatable bonds is 20. The first kappa shape index (κ1) is 66.8. The molecule has 0 aliphatic carbocycles. The van der Waals surface area contributed by atoms with E-state index in [4.69, 9.17) is 33.2 Å². The van der Waals surface area contributed by atoms with E-state index in [1.54, 1.807) is 0 Å². The van der Waals surface area contributed by atoms with E-state index >= 15 is 0 Å². The van der Waals surface area contributed by atoms with Crippen molar-refractivity contribution in [1.29, 1.82) is 5.26 Å². The molecule has 7 atom stereocenters. The van der Waals surface area contributed by atoms with E-state index in [0.717, 1.165) is 53.5 Å². The van der Waals surface area contributed by atoms with Crippen molar-refractivity contribution in [3.8, 4) is 6.07 Å². The van der Waals surface area contributed by atoms with Crippen molar-refractivity contribution in [3.05, 3.63) is 56.9 Å². The molecule has 0 aromatic carbocycles. The van der Waals surface area contributed by atoms with Gasteiger partial charge in [-0.15, -0.1) is 0 Å². The first-order valence-electron chi connectivity index (χ1n) is 25.3. The summed E-state index contributed by atoms with van der Waals surface area (Å²) in [5.41, 5.74) is 2.74. The number of aliphatic hydroxyl groups is 5. The zero-order chi connectivity index (χ0) is 55.7. The van der Waals surface area contributed by atoms with Gasteiger partial charge < -0.3 is 43.2 Å². The molecule has 19 nitrogen and oxygen atoms in total. The Hall–Kier alpha value is -3.23. The maximum Gasteiger partial charge on any atom is 0.350 e. The zero-order valence-corrected chi connectivity index (χ0v) is 50.8. The minimum atomic E-state index is -2.40. The third-order valence-electron chi connectivity index (χ3n) is 12.2. The second kappa shape index (κ2) is 31.0. The molecular weight excluding hydrogens is 995 g/mol. The van der Waals surface area contributed by atoms with Crippen LogP contribution in [0.3, 0.4) is 0 Å². The standard InChI is InChI=1S/C13H15N3O6.C12H14N2O6.2C12H30OSi2/c1-7(18)4-8-2-3-16(12(20)15-8)11-13(21,6-14)10(19)9(5-17)22-11;1-6(16)4-7-2-3-14(12(19)13-7)11-10(18)9(17)8(5-15)20-11;2*1-9(2)14(10(3)4)13-15(11(5)6)12(7)8/h2-3,9-11,17,19,21H,4-5H2,1H3;2-3,8-9,11,15,17H,4-5H2,1H3;2*9-12,14-15H,1-8H3/t9-,10-,11-,13?;8-,9-,11-;;/m11../s1. The molecule has 410 valence electrons. The van der Waals surface area contributed by atoms with Crippen LogP contribution in [0.2, 0.25) is 44.3 Å². The molecule has 0 radical (unpaired) electrons. The Morgan fingerprint density at radius 3 is 1.24 bits per heavy atom. The number of hydrogen-bond donors (Lipinski definition) is 5. The van der Waals surface area contributed by atoms with Gasteiger partial charge in [-0.25, -0.2) is 9.59 Å². The number of Topliss-reactive ketones (excluding diaryl/α,β-unsaturated/α-hetero) is 3. The molecule has 23 heteroatoms. The minimum Gasteiger partial charge on any atom is -0.459 e. The Labute approximate surface area is 434 Å². The predicted molar refractivity (Wildman–Crippen MR) is 287 cm³/mol. The van der Waals surface area contributed by atoms with Crippen LogP contribution in [0.15, 0.2) is 34.1 Å². The van der Waals surface area contributed by atoms with Crippen LogP contribution in [0.1, 0.15) is 148 Å². The molecular formula is C49H89N5O14Si4. The highest BCUT2D eigenvalue weighted by Crippen LogP contribution is 2.37. The highest BCUT2D eigenvalue weighted by Gasteiger charge is 2.57. The number of carbonyl (C=O) groups is 3. The summed E-state index contributed by atoms with van der Waals surface area (Å²) in [6, 6.07) is 4.31. The van der Waals surface area contributed by atoms with E-state index in [1.165, 1.54) is 44.4 Å². The van der Waals surface area contributed by atoms with Gasteiger partial charge >= 0.3 is 11.4 Å². The molecule has 4 rings (SSSR count). The summed E-state index contributed by atoms with van der Waals surface area (Å²) in [5.74, 6) is -1.03. The van der Waals surface area contributed by atoms with E-state index in [2.05, 4.69) is 121 Å². The van der Waals surface area contributed by atoms with E-state index in [1.807, 2.05) is 0 Å². The fraction of sp³-hybridized carbons (Fsp3) is 0.755. The van der Waals surface area contributed by atoms with Gasteiger partial charge in [0.25, 0.3) is 0 Å². The minimum absolute atomic E-state index is 0.0218. The lowest BCUT2D eigenvalue weighted by Gasteiger charge is -2.32. The maximum absolute atomic E-state index is 12.0. The van der Waals surface area contributed by atoms with Crippen molar-refractivity contribution in [1.82, 2.24) is 19.1 Å². The average Bonchev–Trinajstić information content (AvgIpc) is 3.69. The fourth-order valence-electron chi connectivity index (χ4n) is 8.96. The van der Waals surface area contributed by atoms with E-state index in [0.29, 0.717) is 5.69 Å². The molecule has 72 heavy (non-hydrogen) atoms. The van der Waals surface area contributed by atoms with Crippen molar-refractivity contribution in [2.45, 2.75) is 224 Å². The molecule has 0 saturated carbocycles. The first-order valence-corrected chi connectivity index (χ1v) is 32.5. The molecule has 2 aromatic rings. The van der Waals surface area contributed by atoms with Crippen LogP contribution in [0.5, 0.6) is 0 Å². The summed E-state index contributed by atoms with van der Waals surface area (Å²) < 4.78 is 25.2. The van der Waals surface area contributed by atoms with Crippen LogP contribution in [-0.2, 0) is 44.9 Å². The Morgan fingerprint density at radius 1 is 0.639 bits per heavy atom. The molecule has 2 fully saturated rings. The summed E-state index contributed by atoms with van der Waals surface area (Å²) in [6.07, 6.45) is -5.76. The number of nitrogens with zero attached hydrogens (tertiary/aromatic N) is 5. The van der Waals surface area contributed by atoms with Crippen molar-refractivity contribution < 1.29 is 57.6 Å². The predicted octanol–water partition coefficient (Wildman–Crippen LogP) is 4.26. The van der Waals surface area contributed by atoms with Crippen molar-refractivity contribution in [2.24, 2.45) is 0 Å². The van der Waals surface area contributed by atoms with Gasteiger partial charge in [-0.05, 0) is 70.3 Å². The van der Waals surface area contributed by atoms with E-state index in [-0.39, 0.29) is 30.1 Å². The third kappa shape index (κ3) is 19.5. The van der Waals surface area contributed by atoms with Gasteiger partial charge in [-0.2, -0.15) is 15.2 Å². The zero-order valence-electron chi connectivity index (χ0n) is 46.2. The summed E-state index contributed by atoms with van der Waals surface area (Å²) in [6.45, 7) is 38.9. The molecule has 2 aromatic heterocycles. The molecule has 5 N–H and O–H groups in total. The van der Waals surface area contributed by atoms with Gasteiger partial charge in [-0.3, -0.25) is 23.5 Å². The van der Waals surface area contributed by atoms with Gasteiger partial charge in [0.15, 0.2) is 42.4 Å². The molecule has 2 saturated heterocycles. The van der Waals surface area contributed by atoms with Gasteiger partial charge in [0, 0.05) is 25.2 Å². The second-order valence-electron chi connectivity index (χ2n) is 21.7. The Kier molecular flexibility index (Phi) is 28.7. The number of nitriles is 1. The van der Waals surface area contributed by atoms with Gasteiger partial charge in [0.2, 0.25) is 17.6 Å². The lowest BCUT2D eigenvalue weighted by atomic mass is 9.96. The Balaban J connectivity index is 0.000000488. The summed E-state index contributed by atoms with van der Waals surface area (Å²) in [5, 5.41) is 56.8. The topological polar surface area (TPSA) is 283 Å². The molecule has 1 unspecified atom stereocenters. The quantitative estimate of drug-likeness (QED) is 0.0915. The summed E-state index contributed by atoms with van der Waals surface area (Å²) in [4.78, 5) is 64.9. The normalized spacial score (nSPS) is 22.2. The lowest BCUT2D eigenvalue weighted by Crippen LogP contribution is -2.47. The van der Waals surface area contributed by atoms with Crippen LogP contribution in [0.25, 0.3) is 0 Å². The number of aromatic nitrogens is 4. The Bertz CT molecular complexity index is 2060. The molecule has 0 spiro atoms. The van der Waals surface area contributed by atoms with Crippen LogP contribution >= 0.6 is 0 Å². The second-order valence-corrected chi connectivity index (χ2v) is 38.3. The smallest absolute Gasteiger partial charge is 0.350 e. The third-order valence-corrected chi connectivity index (χ3v) is 27.8. The largest absolute Gasteiger partial charge is 0.459 e. The molecule has 2 aliphatic rings. The van der Waals surface area contributed by atoms with Crippen molar-refractivity contribution in [3.63, 3.8) is 0 Å². The lowest BCUT2D eigenvalue weighted by molar-refractivity contribution is -0.130. The van der Waals surface area contributed by atoms with Crippen LogP contribution in [-0.4, -0.2) is 141 Å².